The normalized spacial score (nSPS) is 13.4. The van der Waals surface area contributed by atoms with Crippen molar-refractivity contribution in [3.8, 4) is 0 Å². The van der Waals surface area contributed by atoms with E-state index in [1.54, 1.807) is 26.0 Å². The molecular weight excluding hydrogens is 218 g/mol. The summed E-state index contributed by atoms with van der Waals surface area (Å²) in [6, 6.07) is 7.21. The molecule has 4 heteroatoms. The van der Waals surface area contributed by atoms with E-state index in [0.29, 0.717) is 12.0 Å². The number of carbonyl (C=O) groups is 1. The maximum atomic E-state index is 11.1. The molecule has 1 rings (SSSR count). The molecule has 0 saturated heterocycles. The molecule has 1 aromatic carbocycles. The second kappa shape index (κ2) is 5.29. The molecule has 0 bridgehead atoms. The summed E-state index contributed by atoms with van der Waals surface area (Å²) < 4.78 is 0. The average molecular weight is 237 g/mol. The molecule has 0 aliphatic heterocycles. The summed E-state index contributed by atoms with van der Waals surface area (Å²) in [7, 11) is 0. The number of carboxylic acids is 1. The summed E-state index contributed by atoms with van der Waals surface area (Å²) >= 11 is 0. The maximum absolute atomic E-state index is 11.1. The first kappa shape index (κ1) is 13.7. The van der Waals surface area contributed by atoms with Crippen molar-refractivity contribution in [2.75, 3.05) is 6.54 Å². The molecule has 0 spiro atoms. The molecule has 0 fully saturated rings. The van der Waals surface area contributed by atoms with Crippen molar-refractivity contribution in [3.05, 3.63) is 35.4 Å². The highest BCUT2D eigenvalue weighted by Gasteiger charge is 2.23. The molecule has 17 heavy (non-hydrogen) atoms. The Balaban J connectivity index is 3.11. The number of aliphatic hydroxyl groups is 1. The van der Waals surface area contributed by atoms with Gasteiger partial charge in [0.2, 0.25) is 0 Å². The summed E-state index contributed by atoms with van der Waals surface area (Å²) in [4.78, 5) is 11.1. The first-order valence-corrected chi connectivity index (χ1v) is 5.58. The number of carboxylic acid groups (broad SMARTS) is 1. The van der Waals surface area contributed by atoms with Gasteiger partial charge >= 0.3 is 5.97 Å². The van der Waals surface area contributed by atoms with E-state index in [1.807, 2.05) is 12.1 Å². The van der Waals surface area contributed by atoms with Gasteiger partial charge in [0.15, 0.2) is 0 Å². The third kappa shape index (κ3) is 3.84. The molecule has 4 N–H and O–H groups in total. The van der Waals surface area contributed by atoms with Gasteiger partial charge in [-0.1, -0.05) is 24.3 Å². The molecule has 0 aromatic heterocycles. The molecule has 0 saturated carbocycles. The van der Waals surface area contributed by atoms with Crippen LogP contribution in [0.4, 0.5) is 0 Å². The lowest BCUT2D eigenvalue weighted by atomic mass is 9.88. The standard InChI is InChI=1S/C13H19NO3/c1-13(2,17)7-9-5-3-4-6-10(9)11(8-14)12(15)16/h3-6,11,17H,7-8,14H2,1-2H3,(H,15,16). The fourth-order valence-electron chi connectivity index (χ4n) is 1.86. The van der Waals surface area contributed by atoms with Crippen LogP contribution in [-0.4, -0.2) is 28.3 Å². The maximum Gasteiger partial charge on any atom is 0.312 e. The zero-order valence-electron chi connectivity index (χ0n) is 10.2. The van der Waals surface area contributed by atoms with E-state index in [-0.39, 0.29) is 6.54 Å². The molecule has 0 amide bonds. The second-order valence-corrected chi connectivity index (χ2v) is 4.81. The minimum Gasteiger partial charge on any atom is -0.481 e. The van der Waals surface area contributed by atoms with Crippen LogP contribution in [0.15, 0.2) is 24.3 Å². The van der Waals surface area contributed by atoms with Gasteiger partial charge < -0.3 is 15.9 Å². The van der Waals surface area contributed by atoms with Crippen LogP contribution >= 0.6 is 0 Å². The van der Waals surface area contributed by atoms with Gasteiger partial charge in [0, 0.05) is 13.0 Å². The molecule has 0 heterocycles. The number of hydrogen-bond donors (Lipinski definition) is 3. The topological polar surface area (TPSA) is 83.5 Å². The lowest BCUT2D eigenvalue weighted by molar-refractivity contribution is -0.138. The lowest BCUT2D eigenvalue weighted by Gasteiger charge is -2.21. The zero-order valence-corrected chi connectivity index (χ0v) is 10.2. The minimum atomic E-state index is -0.935. The van der Waals surface area contributed by atoms with Gasteiger partial charge in [0.05, 0.1) is 11.5 Å². The first-order chi connectivity index (χ1) is 7.85. The van der Waals surface area contributed by atoms with Crippen LogP contribution in [0.25, 0.3) is 0 Å². The monoisotopic (exact) mass is 237 g/mol. The van der Waals surface area contributed by atoms with Gasteiger partial charge in [-0.3, -0.25) is 4.79 Å². The van der Waals surface area contributed by atoms with Crippen molar-refractivity contribution >= 4 is 5.97 Å². The number of benzene rings is 1. The van der Waals surface area contributed by atoms with Crippen LogP contribution < -0.4 is 5.73 Å². The van der Waals surface area contributed by atoms with Gasteiger partial charge in [0.1, 0.15) is 0 Å². The van der Waals surface area contributed by atoms with Crippen molar-refractivity contribution in [3.63, 3.8) is 0 Å². The van der Waals surface area contributed by atoms with Crippen LogP contribution in [0.1, 0.15) is 30.9 Å². The van der Waals surface area contributed by atoms with Gasteiger partial charge in [-0.2, -0.15) is 0 Å². The van der Waals surface area contributed by atoms with Crippen molar-refractivity contribution in [2.45, 2.75) is 31.8 Å². The van der Waals surface area contributed by atoms with Crippen LogP contribution in [0.5, 0.6) is 0 Å². The van der Waals surface area contributed by atoms with Crippen LogP contribution in [0.3, 0.4) is 0 Å². The Morgan fingerprint density at radius 1 is 1.41 bits per heavy atom. The quantitative estimate of drug-likeness (QED) is 0.716. The summed E-state index contributed by atoms with van der Waals surface area (Å²) in [5.41, 5.74) is 6.14. The molecule has 1 atom stereocenters. The third-order valence-corrected chi connectivity index (χ3v) is 2.59. The SMILES string of the molecule is CC(C)(O)Cc1ccccc1C(CN)C(=O)O. The Morgan fingerprint density at radius 3 is 2.47 bits per heavy atom. The Kier molecular flexibility index (Phi) is 4.26. The minimum absolute atomic E-state index is 0.0538. The second-order valence-electron chi connectivity index (χ2n) is 4.81. The smallest absolute Gasteiger partial charge is 0.312 e. The van der Waals surface area contributed by atoms with E-state index in [1.165, 1.54) is 0 Å². The summed E-state index contributed by atoms with van der Waals surface area (Å²) in [6.45, 7) is 3.45. The molecule has 0 aliphatic carbocycles. The molecule has 1 aromatic rings. The molecule has 0 aliphatic rings. The zero-order chi connectivity index (χ0) is 13.1. The van der Waals surface area contributed by atoms with Gasteiger partial charge in [0.25, 0.3) is 0 Å². The van der Waals surface area contributed by atoms with Crippen molar-refractivity contribution in [2.24, 2.45) is 5.73 Å². The molecule has 94 valence electrons. The fraction of sp³-hybridized carbons (Fsp3) is 0.462. The molecular formula is C13H19NO3. The van der Waals surface area contributed by atoms with Gasteiger partial charge in [-0.15, -0.1) is 0 Å². The third-order valence-electron chi connectivity index (χ3n) is 2.59. The number of hydrogen-bond acceptors (Lipinski definition) is 3. The Hall–Kier alpha value is -1.39. The van der Waals surface area contributed by atoms with E-state index in [9.17, 15) is 9.90 Å². The highest BCUT2D eigenvalue weighted by molar-refractivity contribution is 5.77. The van der Waals surface area contributed by atoms with Crippen LogP contribution in [0, 0.1) is 0 Å². The van der Waals surface area contributed by atoms with E-state index in [2.05, 4.69) is 0 Å². The largest absolute Gasteiger partial charge is 0.481 e. The summed E-state index contributed by atoms with van der Waals surface area (Å²) in [6.07, 6.45) is 0.410. The predicted molar refractivity (Wildman–Crippen MR) is 65.9 cm³/mol. The highest BCUT2D eigenvalue weighted by Crippen LogP contribution is 2.23. The molecule has 1 unspecified atom stereocenters. The van der Waals surface area contributed by atoms with Crippen LogP contribution in [0.2, 0.25) is 0 Å². The van der Waals surface area contributed by atoms with E-state index in [4.69, 9.17) is 10.8 Å². The lowest BCUT2D eigenvalue weighted by Crippen LogP contribution is -2.26. The predicted octanol–water partition coefficient (Wildman–Crippen LogP) is 1.13. The van der Waals surface area contributed by atoms with Crippen LogP contribution in [-0.2, 0) is 11.2 Å². The Bertz CT molecular complexity index is 396. The van der Waals surface area contributed by atoms with Crippen molar-refractivity contribution in [1.82, 2.24) is 0 Å². The van der Waals surface area contributed by atoms with E-state index in [0.717, 1.165) is 5.56 Å². The van der Waals surface area contributed by atoms with Gasteiger partial charge in [-0.05, 0) is 25.0 Å². The summed E-state index contributed by atoms with van der Waals surface area (Å²) in [5.74, 6) is -1.65. The van der Waals surface area contributed by atoms with Crippen molar-refractivity contribution < 1.29 is 15.0 Å². The Labute approximate surface area is 101 Å². The number of aliphatic carboxylic acids is 1. The molecule has 0 radical (unpaired) electrons. The number of nitrogens with two attached hydrogens (primary N) is 1. The number of rotatable bonds is 5. The summed E-state index contributed by atoms with van der Waals surface area (Å²) in [5, 5.41) is 18.9. The first-order valence-electron chi connectivity index (χ1n) is 5.58. The van der Waals surface area contributed by atoms with E-state index >= 15 is 0 Å². The fourth-order valence-corrected chi connectivity index (χ4v) is 1.86. The van der Waals surface area contributed by atoms with E-state index < -0.39 is 17.5 Å². The van der Waals surface area contributed by atoms with Crippen molar-refractivity contribution in [1.29, 1.82) is 0 Å². The molecule has 4 nitrogen and oxygen atoms in total. The van der Waals surface area contributed by atoms with Gasteiger partial charge in [-0.25, -0.2) is 0 Å². The highest BCUT2D eigenvalue weighted by atomic mass is 16.4. The average Bonchev–Trinajstić information content (AvgIpc) is 2.18. The Morgan fingerprint density at radius 2 is 2.00 bits per heavy atom.